The van der Waals surface area contributed by atoms with Crippen molar-refractivity contribution in [3.8, 4) is 6.07 Å². The van der Waals surface area contributed by atoms with Crippen molar-refractivity contribution in [1.29, 1.82) is 5.26 Å². The third-order valence-corrected chi connectivity index (χ3v) is 5.27. The van der Waals surface area contributed by atoms with Gasteiger partial charge in [-0.05, 0) is 31.5 Å². The van der Waals surface area contributed by atoms with Crippen molar-refractivity contribution in [2.75, 3.05) is 13.7 Å². The summed E-state index contributed by atoms with van der Waals surface area (Å²) in [6.07, 6.45) is 0. The van der Waals surface area contributed by atoms with Gasteiger partial charge in [-0.1, -0.05) is 29.3 Å². The van der Waals surface area contributed by atoms with Crippen molar-refractivity contribution in [1.82, 2.24) is 5.32 Å². The van der Waals surface area contributed by atoms with Crippen LogP contribution in [0.4, 0.5) is 0 Å². The number of allylic oxidation sites excluding steroid dienone is 2. The zero-order valence-corrected chi connectivity index (χ0v) is 15.1. The molecule has 1 aliphatic heterocycles. The first kappa shape index (κ1) is 18.6. The van der Waals surface area contributed by atoms with Crippen molar-refractivity contribution in [2.24, 2.45) is 5.41 Å². The highest BCUT2D eigenvalue weighted by molar-refractivity contribution is 6.36. The Morgan fingerprint density at radius 3 is 2.50 bits per heavy atom. The number of ether oxygens (including phenoxy) is 1. The first-order valence-electron chi connectivity index (χ1n) is 7.32. The van der Waals surface area contributed by atoms with Crippen LogP contribution < -0.4 is 5.32 Å². The first-order chi connectivity index (χ1) is 11.3. The number of nitrogens with zero attached hydrogens (tertiary/aromatic N) is 1. The summed E-state index contributed by atoms with van der Waals surface area (Å²) in [5.74, 6) is -1.85. The van der Waals surface area contributed by atoms with Gasteiger partial charge in [0.25, 0.3) is 0 Å². The molecule has 5 nitrogen and oxygen atoms in total. The Bertz CT molecular complexity index is 722. The topological polar surface area (TPSA) is 82.3 Å². The molecule has 1 aromatic rings. The van der Waals surface area contributed by atoms with E-state index in [9.17, 15) is 15.2 Å². The molecule has 0 spiro atoms. The zero-order valence-electron chi connectivity index (χ0n) is 13.6. The second kappa shape index (κ2) is 7.02. The number of carboxylic acid groups (broad SMARTS) is 1. The maximum absolute atomic E-state index is 12.2. The Morgan fingerprint density at radius 1 is 1.46 bits per heavy atom. The number of carboxylic acids is 1. The molecule has 3 unspecified atom stereocenters. The van der Waals surface area contributed by atoms with Crippen LogP contribution in [0.5, 0.6) is 0 Å². The molecular formula is C17H18Cl2N2O3. The Labute approximate surface area is 150 Å². The number of methoxy groups -OCH3 is 1. The third-order valence-electron chi connectivity index (χ3n) is 4.61. The molecule has 1 heterocycles. The molecule has 0 aromatic heterocycles. The lowest BCUT2D eigenvalue weighted by atomic mass is 9.63. The fourth-order valence-corrected chi connectivity index (χ4v) is 3.86. The Kier molecular flexibility index (Phi) is 5.44. The van der Waals surface area contributed by atoms with Crippen LogP contribution in [-0.4, -0.2) is 30.8 Å². The first-order valence-corrected chi connectivity index (χ1v) is 8.08. The van der Waals surface area contributed by atoms with Crippen LogP contribution in [0.25, 0.3) is 0 Å². The van der Waals surface area contributed by atoms with Gasteiger partial charge in [-0.3, -0.25) is 4.79 Å². The molecule has 0 bridgehead atoms. The number of carbonyl (C=O) groups is 1. The predicted molar refractivity (Wildman–Crippen MR) is 92.1 cm³/mol. The van der Waals surface area contributed by atoms with Gasteiger partial charge in [0, 0.05) is 28.8 Å². The number of hydrogen-bond acceptors (Lipinski definition) is 4. The highest BCUT2D eigenvalue weighted by Gasteiger charge is 2.54. The van der Waals surface area contributed by atoms with Crippen LogP contribution in [-0.2, 0) is 9.53 Å². The van der Waals surface area contributed by atoms with Crippen LogP contribution in [0.2, 0.25) is 10.0 Å². The monoisotopic (exact) mass is 368 g/mol. The van der Waals surface area contributed by atoms with Crippen molar-refractivity contribution >= 4 is 29.2 Å². The van der Waals surface area contributed by atoms with Gasteiger partial charge in [-0.15, -0.1) is 0 Å². The molecule has 2 N–H and O–H groups in total. The van der Waals surface area contributed by atoms with Gasteiger partial charge in [0.1, 0.15) is 0 Å². The number of nitriles is 1. The normalized spacial score (nSPS) is 26.7. The number of nitrogens with one attached hydrogen (secondary N) is 1. The molecule has 0 saturated heterocycles. The number of aliphatic carboxylic acids is 1. The maximum Gasteiger partial charge on any atom is 0.312 e. The zero-order chi connectivity index (χ0) is 18.1. The standard InChI is InChI=1S/C17H18Cl2N2O3/c1-9-10(7-20)15(14-11(18)5-4-6-12(14)19)17(2,16(22)23)13(21-9)8-24-3/h4-6,13,15,21H,8H2,1-3H3,(H,22,23). The van der Waals surface area contributed by atoms with Crippen molar-refractivity contribution in [3.05, 3.63) is 45.1 Å². The van der Waals surface area contributed by atoms with E-state index in [1.807, 2.05) is 0 Å². The van der Waals surface area contributed by atoms with E-state index in [-0.39, 0.29) is 6.61 Å². The molecule has 0 saturated carbocycles. The Morgan fingerprint density at radius 2 is 2.04 bits per heavy atom. The fourth-order valence-electron chi connectivity index (χ4n) is 3.24. The summed E-state index contributed by atoms with van der Waals surface area (Å²) >= 11 is 12.7. The third kappa shape index (κ3) is 2.86. The molecule has 0 radical (unpaired) electrons. The molecule has 7 heteroatoms. The summed E-state index contributed by atoms with van der Waals surface area (Å²) in [5, 5.41) is 23.4. The molecule has 2 rings (SSSR count). The summed E-state index contributed by atoms with van der Waals surface area (Å²) in [5.41, 5.74) is -0.0133. The highest BCUT2D eigenvalue weighted by atomic mass is 35.5. The average molecular weight is 369 g/mol. The molecule has 3 atom stereocenters. The Hall–Kier alpha value is -1.74. The summed E-state index contributed by atoms with van der Waals surface area (Å²) in [6.45, 7) is 3.48. The highest BCUT2D eigenvalue weighted by Crippen LogP contribution is 2.51. The van der Waals surface area contributed by atoms with E-state index in [0.717, 1.165) is 0 Å². The molecular weight excluding hydrogens is 351 g/mol. The maximum atomic E-state index is 12.2. The number of benzene rings is 1. The summed E-state index contributed by atoms with van der Waals surface area (Å²) in [4.78, 5) is 12.2. The summed E-state index contributed by atoms with van der Waals surface area (Å²) in [6, 6.07) is 6.54. The second-order valence-electron chi connectivity index (χ2n) is 5.96. The lowest BCUT2D eigenvalue weighted by Gasteiger charge is -2.45. The second-order valence-corrected chi connectivity index (χ2v) is 6.77. The minimum absolute atomic E-state index is 0.164. The number of rotatable bonds is 4. The minimum atomic E-state index is -1.37. The lowest BCUT2D eigenvalue weighted by molar-refractivity contribution is -0.152. The average Bonchev–Trinajstić information content (AvgIpc) is 2.51. The van der Waals surface area contributed by atoms with Crippen LogP contribution in [0, 0.1) is 16.7 Å². The minimum Gasteiger partial charge on any atom is -0.481 e. The van der Waals surface area contributed by atoms with E-state index < -0.39 is 23.3 Å². The van der Waals surface area contributed by atoms with Gasteiger partial charge in [-0.2, -0.15) is 5.26 Å². The van der Waals surface area contributed by atoms with Gasteiger partial charge in [0.05, 0.1) is 29.7 Å². The van der Waals surface area contributed by atoms with Crippen molar-refractivity contribution < 1.29 is 14.6 Å². The van der Waals surface area contributed by atoms with E-state index >= 15 is 0 Å². The molecule has 128 valence electrons. The lowest BCUT2D eigenvalue weighted by Crippen LogP contribution is -2.57. The Balaban J connectivity index is 2.81. The van der Waals surface area contributed by atoms with E-state index in [1.165, 1.54) is 7.11 Å². The van der Waals surface area contributed by atoms with E-state index in [1.54, 1.807) is 32.0 Å². The number of halogens is 2. The fraction of sp³-hybridized carbons (Fsp3) is 0.412. The van der Waals surface area contributed by atoms with E-state index in [2.05, 4.69) is 11.4 Å². The number of hydrogen-bond donors (Lipinski definition) is 2. The molecule has 1 aliphatic rings. The SMILES string of the molecule is COCC1NC(C)=C(C#N)C(c2c(Cl)cccc2Cl)C1(C)C(=O)O. The molecule has 0 fully saturated rings. The van der Waals surface area contributed by atoms with Crippen molar-refractivity contribution in [2.45, 2.75) is 25.8 Å². The van der Waals surface area contributed by atoms with E-state index in [0.29, 0.717) is 26.9 Å². The van der Waals surface area contributed by atoms with Gasteiger partial charge in [0.2, 0.25) is 0 Å². The summed E-state index contributed by atoms with van der Waals surface area (Å²) < 4.78 is 5.19. The van der Waals surface area contributed by atoms with Gasteiger partial charge in [0.15, 0.2) is 0 Å². The smallest absolute Gasteiger partial charge is 0.312 e. The quantitative estimate of drug-likeness (QED) is 0.848. The van der Waals surface area contributed by atoms with Crippen LogP contribution in [0.3, 0.4) is 0 Å². The van der Waals surface area contributed by atoms with Gasteiger partial charge >= 0.3 is 5.97 Å². The molecule has 0 aliphatic carbocycles. The van der Waals surface area contributed by atoms with Gasteiger partial charge in [-0.25, -0.2) is 0 Å². The van der Waals surface area contributed by atoms with E-state index in [4.69, 9.17) is 27.9 Å². The van der Waals surface area contributed by atoms with Crippen molar-refractivity contribution in [3.63, 3.8) is 0 Å². The molecule has 0 amide bonds. The predicted octanol–water partition coefficient (Wildman–Crippen LogP) is 3.58. The van der Waals surface area contributed by atoms with Crippen LogP contribution >= 0.6 is 23.2 Å². The van der Waals surface area contributed by atoms with Gasteiger partial charge < -0.3 is 15.2 Å². The van der Waals surface area contributed by atoms with Crippen LogP contribution in [0.15, 0.2) is 29.5 Å². The van der Waals surface area contributed by atoms with Crippen LogP contribution in [0.1, 0.15) is 25.3 Å². The summed E-state index contributed by atoms with van der Waals surface area (Å²) in [7, 11) is 1.50. The molecule has 1 aromatic carbocycles. The largest absolute Gasteiger partial charge is 0.481 e. The molecule has 24 heavy (non-hydrogen) atoms.